The lowest BCUT2D eigenvalue weighted by Gasteiger charge is -2.36. The quantitative estimate of drug-likeness (QED) is 0.350. The van der Waals surface area contributed by atoms with E-state index in [0.717, 1.165) is 48.3 Å². The normalized spacial score (nSPS) is 23.0. The van der Waals surface area contributed by atoms with Gasteiger partial charge in [-0.15, -0.1) is 0 Å². The first-order chi connectivity index (χ1) is 15.0. The predicted octanol–water partition coefficient (Wildman–Crippen LogP) is 7.61. The third kappa shape index (κ3) is 5.35. The average molecular weight is 425 g/mol. The van der Waals surface area contributed by atoms with E-state index >= 15 is 0 Å². The predicted molar refractivity (Wildman–Crippen MR) is 119 cm³/mol. The Hall–Kier alpha value is -2.21. The first-order valence-electron chi connectivity index (χ1n) is 11.8. The van der Waals surface area contributed by atoms with Gasteiger partial charge in [-0.05, 0) is 85.3 Å². The average Bonchev–Trinajstić information content (AvgIpc) is 2.79. The Morgan fingerprint density at radius 1 is 0.806 bits per heavy atom. The molecule has 1 saturated carbocycles. The van der Waals surface area contributed by atoms with Crippen LogP contribution in [0.15, 0.2) is 30.3 Å². The number of aryl methyl sites for hydroxylation is 1. The Balaban J connectivity index is 1.39. The van der Waals surface area contributed by atoms with Crippen molar-refractivity contribution in [1.29, 1.82) is 0 Å². The number of halogens is 3. The lowest BCUT2D eigenvalue weighted by atomic mass is 9.69. The van der Waals surface area contributed by atoms with Gasteiger partial charge in [0.2, 0.25) is 0 Å². The molecule has 2 aliphatic carbocycles. The van der Waals surface area contributed by atoms with Gasteiger partial charge in [0.25, 0.3) is 0 Å². The summed E-state index contributed by atoms with van der Waals surface area (Å²) >= 11 is 0. The molecular formula is C28H31F3. The largest absolute Gasteiger partial charge is 0.204 e. The van der Waals surface area contributed by atoms with Crippen molar-refractivity contribution in [2.24, 2.45) is 17.8 Å². The number of fused-ring (bicyclic) bond motifs is 1. The third-order valence-corrected chi connectivity index (χ3v) is 7.33. The molecule has 31 heavy (non-hydrogen) atoms. The maximum atomic E-state index is 13.4. The maximum absolute atomic E-state index is 13.4. The van der Waals surface area contributed by atoms with Crippen LogP contribution >= 0.6 is 0 Å². The second-order valence-electron chi connectivity index (χ2n) is 9.41. The van der Waals surface area contributed by atoms with E-state index in [2.05, 4.69) is 30.9 Å². The summed E-state index contributed by atoms with van der Waals surface area (Å²) < 4.78 is 39.8. The zero-order valence-electron chi connectivity index (χ0n) is 18.3. The molecule has 0 aromatic heterocycles. The molecule has 2 aromatic rings. The minimum Gasteiger partial charge on any atom is -0.204 e. The highest BCUT2D eigenvalue weighted by Crippen LogP contribution is 2.40. The highest BCUT2D eigenvalue weighted by molar-refractivity contribution is 5.46. The SMILES string of the molecule is CCCCC1CCC(C2CCc3cc(C#Cc4cc(F)c(F)c(F)c4)ccc3C2)CC1. The Kier molecular flexibility index (Phi) is 7.06. The van der Waals surface area contributed by atoms with Gasteiger partial charge in [-0.25, -0.2) is 13.2 Å². The fourth-order valence-electron chi connectivity index (χ4n) is 5.48. The summed E-state index contributed by atoms with van der Waals surface area (Å²) in [6, 6.07) is 8.14. The van der Waals surface area contributed by atoms with Crippen LogP contribution in [0.25, 0.3) is 0 Å². The molecule has 0 radical (unpaired) electrons. The molecule has 0 aliphatic heterocycles. The summed E-state index contributed by atoms with van der Waals surface area (Å²) in [4.78, 5) is 0. The van der Waals surface area contributed by atoms with Gasteiger partial charge in [0, 0.05) is 11.1 Å². The second kappa shape index (κ2) is 9.94. The molecule has 1 atom stereocenters. The van der Waals surface area contributed by atoms with Crippen molar-refractivity contribution in [3.8, 4) is 11.8 Å². The van der Waals surface area contributed by atoms with Crippen molar-refractivity contribution in [2.45, 2.75) is 71.1 Å². The zero-order chi connectivity index (χ0) is 21.8. The summed E-state index contributed by atoms with van der Waals surface area (Å²) in [6.07, 6.45) is 13.2. The van der Waals surface area contributed by atoms with Crippen molar-refractivity contribution in [3.63, 3.8) is 0 Å². The first kappa shape index (κ1) is 22.0. The van der Waals surface area contributed by atoms with Crippen LogP contribution in [-0.4, -0.2) is 0 Å². The van der Waals surface area contributed by atoms with E-state index < -0.39 is 17.5 Å². The molecule has 2 aromatic carbocycles. The van der Waals surface area contributed by atoms with Crippen LogP contribution in [0.3, 0.4) is 0 Å². The molecule has 0 N–H and O–H groups in total. The molecule has 1 fully saturated rings. The van der Waals surface area contributed by atoms with E-state index in [1.54, 1.807) is 0 Å². The van der Waals surface area contributed by atoms with Gasteiger partial charge in [0.1, 0.15) is 0 Å². The van der Waals surface area contributed by atoms with Gasteiger partial charge in [-0.2, -0.15) is 0 Å². The van der Waals surface area contributed by atoms with Crippen LogP contribution in [0.4, 0.5) is 13.2 Å². The first-order valence-corrected chi connectivity index (χ1v) is 11.8. The molecule has 0 bridgehead atoms. The smallest absolute Gasteiger partial charge is 0.194 e. The molecule has 0 amide bonds. The standard InChI is InChI=1S/C28H31F3/c1-2-3-4-19-7-10-22(11-8-19)24-14-13-23-15-20(9-12-25(23)18-24)5-6-21-16-26(29)28(31)27(30)17-21/h9,12,15-17,19,22,24H,2-4,7-8,10-11,13-14,18H2,1H3. The molecule has 1 unspecified atom stereocenters. The summed E-state index contributed by atoms with van der Waals surface area (Å²) in [5, 5.41) is 0. The Morgan fingerprint density at radius 2 is 1.52 bits per heavy atom. The molecule has 0 heterocycles. The molecule has 164 valence electrons. The molecular weight excluding hydrogens is 393 g/mol. The minimum atomic E-state index is -1.46. The van der Waals surface area contributed by atoms with Gasteiger partial charge in [-0.1, -0.05) is 56.9 Å². The zero-order valence-corrected chi connectivity index (χ0v) is 18.3. The monoisotopic (exact) mass is 424 g/mol. The fourth-order valence-corrected chi connectivity index (χ4v) is 5.48. The molecule has 0 nitrogen and oxygen atoms in total. The van der Waals surface area contributed by atoms with Crippen LogP contribution in [0.5, 0.6) is 0 Å². The Labute approximate surface area is 184 Å². The van der Waals surface area contributed by atoms with E-state index in [1.165, 1.54) is 62.5 Å². The number of hydrogen-bond acceptors (Lipinski definition) is 0. The van der Waals surface area contributed by atoms with Gasteiger partial charge in [0.05, 0.1) is 0 Å². The van der Waals surface area contributed by atoms with Crippen molar-refractivity contribution >= 4 is 0 Å². The Morgan fingerprint density at radius 3 is 2.23 bits per heavy atom. The summed E-state index contributed by atoms with van der Waals surface area (Å²) in [7, 11) is 0. The van der Waals surface area contributed by atoms with Crippen LogP contribution in [-0.2, 0) is 12.8 Å². The molecule has 3 heteroatoms. The van der Waals surface area contributed by atoms with Gasteiger partial charge in [0.15, 0.2) is 17.5 Å². The van der Waals surface area contributed by atoms with E-state index in [-0.39, 0.29) is 5.56 Å². The summed E-state index contributed by atoms with van der Waals surface area (Å²) in [5.41, 5.74) is 3.74. The van der Waals surface area contributed by atoms with Gasteiger partial charge in [-0.3, -0.25) is 0 Å². The fraction of sp³-hybridized carbons (Fsp3) is 0.500. The summed E-state index contributed by atoms with van der Waals surface area (Å²) in [5.74, 6) is 4.48. The molecule has 0 spiro atoms. The van der Waals surface area contributed by atoms with E-state index in [4.69, 9.17) is 0 Å². The third-order valence-electron chi connectivity index (χ3n) is 7.33. The lowest BCUT2D eigenvalue weighted by molar-refractivity contribution is 0.183. The van der Waals surface area contributed by atoms with Crippen molar-refractivity contribution in [3.05, 3.63) is 70.0 Å². The Bertz CT molecular complexity index is 950. The maximum Gasteiger partial charge on any atom is 0.194 e. The van der Waals surface area contributed by atoms with Crippen molar-refractivity contribution in [2.75, 3.05) is 0 Å². The summed E-state index contributed by atoms with van der Waals surface area (Å²) in [6.45, 7) is 2.28. The van der Waals surface area contributed by atoms with Crippen LogP contribution in [0, 0.1) is 47.0 Å². The second-order valence-corrected chi connectivity index (χ2v) is 9.41. The number of hydrogen-bond donors (Lipinski definition) is 0. The van der Waals surface area contributed by atoms with Crippen molar-refractivity contribution < 1.29 is 13.2 Å². The lowest BCUT2D eigenvalue weighted by Crippen LogP contribution is -2.26. The van der Waals surface area contributed by atoms with Crippen LogP contribution < -0.4 is 0 Å². The topological polar surface area (TPSA) is 0 Å². The number of benzene rings is 2. The number of rotatable bonds is 4. The minimum absolute atomic E-state index is 0.142. The van der Waals surface area contributed by atoms with Crippen LogP contribution in [0.1, 0.15) is 80.5 Å². The van der Waals surface area contributed by atoms with Gasteiger partial charge < -0.3 is 0 Å². The van der Waals surface area contributed by atoms with Gasteiger partial charge >= 0.3 is 0 Å². The van der Waals surface area contributed by atoms with E-state index in [1.807, 2.05) is 6.07 Å². The highest BCUT2D eigenvalue weighted by atomic mass is 19.2. The molecule has 2 aliphatic rings. The van der Waals surface area contributed by atoms with Crippen molar-refractivity contribution in [1.82, 2.24) is 0 Å². The highest BCUT2D eigenvalue weighted by Gasteiger charge is 2.30. The van der Waals surface area contributed by atoms with E-state index in [0.29, 0.717) is 0 Å². The molecule has 4 rings (SSSR count). The van der Waals surface area contributed by atoms with Crippen LogP contribution in [0.2, 0.25) is 0 Å². The molecule has 0 saturated heterocycles. The number of unbranched alkanes of at least 4 members (excludes halogenated alkanes) is 1. The van der Waals surface area contributed by atoms with E-state index in [9.17, 15) is 13.2 Å².